The molecule has 0 aromatic heterocycles. The molecule has 0 atom stereocenters. The Morgan fingerprint density at radius 1 is 0.962 bits per heavy atom. The molecule has 0 saturated heterocycles. The molecule has 3 heteroatoms. The Balaban J connectivity index is 2.09. The maximum absolute atomic E-state index is 12.2. The summed E-state index contributed by atoms with van der Waals surface area (Å²) in [7, 11) is 3.92. The molecule has 3 aromatic carbocycles. The number of rotatable bonds is 2. The van der Waals surface area contributed by atoms with E-state index in [1.54, 1.807) is 0 Å². The molecular formula is C23H20N2O. The van der Waals surface area contributed by atoms with Crippen molar-refractivity contribution in [1.82, 2.24) is 0 Å². The van der Waals surface area contributed by atoms with E-state index in [2.05, 4.69) is 42.5 Å². The van der Waals surface area contributed by atoms with E-state index in [9.17, 15) is 10.1 Å². The Labute approximate surface area is 153 Å². The summed E-state index contributed by atoms with van der Waals surface area (Å²) in [6.45, 7) is 0. The molecule has 0 unspecified atom stereocenters. The Bertz CT molecular complexity index is 1070. The van der Waals surface area contributed by atoms with Crippen molar-refractivity contribution >= 4 is 22.2 Å². The molecule has 0 amide bonds. The molecule has 26 heavy (non-hydrogen) atoms. The highest BCUT2D eigenvalue weighted by Crippen LogP contribution is 2.40. The standard InChI is InChI=1S/C23H20N2O/c1-25(2)23-13-21(18-9-5-7-15-6-3-4-8-17(15)18)20-12-16(26)10-11-19(20)22(23)14-24/h3-9,13H,10-12H2,1-2H3. The summed E-state index contributed by atoms with van der Waals surface area (Å²) in [6.07, 6.45) is 1.58. The van der Waals surface area contributed by atoms with Gasteiger partial charge >= 0.3 is 0 Å². The minimum atomic E-state index is 0.250. The number of benzene rings is 3. The van der Waals surface area contributed by atoms with Gasteiger partial charge in [0.15, 0.2) is 0 Å². The number of ketones is 1. The van der Waals surface area contributed by atoms with Crippen LogP contribution in [0.2, 0.25) is 0 Å². The van der Waals surface area contributed by atoms with Gasteiger partial charge in [-0.05, 0) is 45.5 Å². The van der Waals surface area contributed by atoms with E-state index in [1.807, 2.05) is 31.1 Å². The predicted molar refractivity (Wildman–Crippen MR) is 105 cm³/mol. The van der Waals surface area contributed by atoms with E-state index in [0.717, 1.165) is 27.9 Å². The second-order valence-corrected chi connectivity index (χ2v) is 7.02. The average Bonchev–Trinajstić information content (AvgIpc) is 2.66. The first-order valence-corrected chi connectivity index (χ1v) is 8.86. The van der Waals surface area contributed by atoms with Gasteiger partial charge in [0.25, 0.3) is 0 Å². The Morgan fingerprint density at radius 2 is 1.73 bits per heavy atom. The minimum absolute atomic E-state index is 0.250. The molecule has 128 valence electrons. The van der Waals surface area contributed by atoms with Gasteiger partial charge in [-0.3, -0.25) is 4.79 Å². The van der Waals surface area contributed by atoms with Crippen molar-refractivity contribution < 1.29 is 4.79 Å². The number of hydrogen-bond donors (Lipinski definition) is 0. The zero-order valence-electron chi connectivity index (χ0n) is 15.0. The van der Waals surface area contributed by atoms with Crippen molar-refractivity contribution in [3.05, 3.63) is 65.2 Å². The molecule has 4 rings (SSSR count). The summed E-state index contributed by atoms with van der Waals surface area (Å²) < 4.78 is 0. The van der Waals surface area contributed by atoms with E-state index < -0.39 is 0 Å². The molecule has 3 aromatic rings. The minimum Gasteiger partial charge on any atom is -0.377 e. The number of anilines is 1. The second-order valence-electron chi connectivity index (χ2n) is 7.02. The highest BCUT2D eigenvalue weighted by Gasteiger charge is 2.25. The number of hydrogen-bond acceptors (Lipinski definition) is 3. The van der Waals surface area contributed by atoms with Crippen molar-refractivity contribution in [2.75, 3.05) is 19.0 Å². The molecule has 0 spiro atoms. The van der Waals surface area contributed by atoms with Crippen LogP contribution in [0.4, 0.5) is 5.69 Å². The van der Waals surface area contributed by atoms with Gasteiger partial charge in [-0.1, -0.05) is 42.5 Å². The third-order valence-corrected chi connectivity index (χ3v) is 5.23. The largest absolute Gasteiger partial charge is 0.377 e. The average molecular weight is 340 g/mol. The summed E-state index contributed by atoms with van der Waals surface area (Å²) in [4.78, 5) is 14.2. The summed E-state index contributed by atoms with van der Waals surface area (Å²) in [6, 6.07) is 19.0. The van der Waals surface area contributed by atoms with Gasteiger partial charge in [-0.2, -0.15) is 5.26 Å². The molecule has 0 aliphatic heterocycles. The highest BCUT2D eigenvalue weighted by atomic mass is 16.1. The number of nitrogens with zero attached hydrogens (tertiary/aromatic N) is 2. The SMILES string of the molecule is CN(C)c1cc(-c2cccc3ccccc23)c2c(c1C#N)CCC(=O)C2. The van der Waals surface area contributed by atoms with E-state index in [0.29, 0.717) is 24.8 Å². The lowest BCUT2D eigenvalue weighted by atomic mass is 9.81. The molecule has 0 heterocycles. The molecule has 0 radical (unpaired) electrons. The fraction of sp³-hybridized carbons (Fsp3) is 0.217. The van der Waals surface area contributed by atoms with E-state index in [-0.39, 0.29) is 5.78 Å². The lowest BCUT2D eigenvalue weighted by Gasteiger charge is -2.26. The fourth-order valence-corrected chi connectivity index (χ4v) is 3.97. The molecular weight excluding hydrogens is 320 g/mol. The molecule has 3 nitrogen and oxygen atoms in total. The monoisotopic (exact) mass is 340 g/mol. The van der Waals surface area contributed by atoms with E-state index >= 15 is 0 Å². The molecule has 0 N–H and O–H groups in total. The molecule has 0 bridgehead atoms. The number of fused-ring (bicyclic) bond motifs is 2. The first-order valence-electron chi connectivity index (χ1n) is 8.86. The van der Waals surface area contributed by atoms with Gasteiger partial charge in [0.1, 0.15) is 11.9 Å². The van der Waals surface area contributed by atoms with Crippen molar-refractivity contribution in [3.63, 3.8) is 0 Å². The van der Waals surface area contributed by atoms with Crippen LogP contribution < -0.4 is 4.90 Å². The van der Waals surface area contributed by atoms with Crippen molar-refractivity contribution in [1.29, 1.82) is 5.26 Å². The van der Waals surface area contributed by atoms with Crippen LogP contribution in [-0.4, -0.2) is 19.9 Å². The lowest BCUT2D eigenvalue weighted by molar-refractivity contribution is -0.118. The van der Waals surface area contributed by atoms with Gasteiger partial charge in [-0.25, -0.2) is 0 Å². The summed E-state index contributed by atoms with van der Waals surface area (Å²) in [5.41, 5.74) is 5.90. The van der Waals surface area contributed by atoms with Crippen LogP contribution in [-0.2, 0) is 17.6 Å². The molecule has 0 saturated carbocycles. The van der Waals surface area contributed by atoms with Gasteiger partial charge in [0.2, 0.25) is 0 Å². The van der Waals surface area contributed by atoms with Crippen molar-refractivity contribution in [3.8, 4) is 17.2 Å². The highest BCUT2D eigenvalue weighted by molar-refractivity contribution is 6.00. The number of carbonyl (C=O) groups excluding carboxylic acids is 1. The number of carbonyl (C=O) groups is 1. The van der Waals surface area contributed by atoms with Crippen LogP contribution in [0.15, 0.2) is 48.5 Å². The van der Waals surface area contributed by atoms with Crippen LogP contribution in [0, 0.1) is 11.3 Å². The molecule has 0 fully saturated rings. The van der Waals surface area contributed by atoms with Gasteiger partial charge in [-0.15, -0.1) is 0 Å². The Hall–Kier alpha value is -3.12. The zero-order valence-corrected chi connectivity index (χ0v) is 15.0. The summed E-state index contributed by atoms with van der Waals surface area (Å²) >= 11 is 0. The van der Waals surface area contributed by atoms with Gasteiger partial charge < -0.3 is 4.90 Å². The lowest BCUT2D eigenvalue weighted by Crippen LogP contribution is -2.19. The van der Waals surface area contributed by atoms with Gasteiger partial charge in [0.05, 0.1) is 11.3 Å². The first-order chi connectivity index (χ1) is 12.6. The second kappa shape index (κ2) is 6.31. The number of Topliss-reactive ketones (excluding diaryl/α,β-unsaturated/α-hetero) is 1. The Morgan fingerprint density at radius 3 is 2.50 bits per heavy atom. The maximum atomic E-state index is 12.2. The smallest absolute Gasteiger partial charge is 0.137 e. The zero-order chi connectivity index (χ0) is 18.3. The van der Waals surface area contributed by atoms with Gasteiger partial charge in [0, 0.05) is 26.9 Å². The summed E-state index contributed by atoms with van der Waals surface area (Å²) in [5.74, 6) is 0.250. The number of nitriles is 1. The van der Waals surface area contributed by atoms with Crippen LogP contribution in [0.5, 0.6) is 0 Å². The van der Waals surface area contributed by atoms with Crippen LogP contribution in [0.1, 0.15) is 23.1 Å². The summed E-state index contributed by atoms with van der Waals surface area (Å²) in [5, 5.41) is 12.1. The van der Waals surface area contributed by atoms with Crippen LogP contribution >= 0.6 is 0 Å². The fourth-order valence-electron chi connectivity index (χ4n) is 3.97. The first kappa shape index (κ1) is 16.4. The molecule has 1 aliphatic rings. The predicted octanol–water partition coefficient (Wildman–Crippen LogP) is 4.50. The normalized spacial score (nSPS) is 13.3. The molecule has 1 aliphatic carbocycles. The van der Waals surface area contributed by atoms with Crippen LogP contribution in [0.25, 0.3) is 21.9 Å². The third kappa shape index (κ3) is 2.55. The van der Waals surface area contributed by atoms with Crippen molar-refractivity contribution in [2.45, 2.75) is 19.3 Å². The quantitative estimate of drug-likeness (QED) is 0.690. The van der Waals surface area contributed by atoms with E-state index in [4.69, 9.17) is 0 Å². The van der Waals surface area contributed by atoms with Crippen LogP contribution in [0.3, 0.4) is 0 Å². The third-order valence-electron chi connectivity index (χ3n) is 5.23. The maximum Gasteiger partial charge on any atom is 0.137 e. The topological polar surface area (TPSA) is 44.1 Å². The van der Waals surface area contributed by atoms with Crippen molar-refractivity contribution in [2.24, 2.45) is 0 Å². The van der Waals surface area contributed by atoms with E-state index in [1.165, 1.54) is 10.8 Å². The Kier molecular flexibility index (Phi) is 3.97.